The van der Waals surface area contributed by atoms with Crippen LogP contribution in [-0.2, 0) is 19.6 Å². The van der Waals surface area contributed by atoms with Gasteiger partial charge in [0.25, 0.3) is 0 Å². The van der Waals surface area contributed by atoms with E-state index in [-0.39, 0.29) is 0 Å². The molecule has 0 spiro atoms. The Morgan fingerprint density at radius 3 is 2.78 bits per heavy atom. The molecule has 1 N–H and O–H groups in total. The van der Waals surface area contributed by atoms with Crippen LogP contribution in [0.5, 0.6) is 5.75 Å². The quantitative estimate of drug-likeness (QED) is 0.666. The molecule has 0 saturated heterocycles. The fourth-order valence-corrected chi connectivity index (χ4v) is 5.14. The van der Waals surface area contributed by atoms with Gasteiger partial charge in [-0.3, -0.25) is 0 Å². The van der Waals surface area contributed by atoms with Crippen molar-refractivity contribution in [3.8, 4) is 17.1 Å². The Bertz CT molecular complexity index is 986. The molecule has 7 heteroatoms. The molecule has 0 fully saturated rings. The molecule has 142 valence electrons. The molecular weight excluding hydrogens is 376 g/mol. The molecule has 27 heavy (non-hydrogen) atoms. The highest BCUT2D eigenvalue weighted by Gasteiger charge is 2.29. The average molecular weight is 402 g/mol. The summed E-state index contributed by atoms with van der Waals surface area (Å²) in [7, 11) is 1.68. The van der Waals surface area contributed by atoms with Crippen LogP contribution in [0.25, 0.3) is 11.4 Å². The second-order valence-corrected chi connectivity index (χ2v) is 8.28. The SMILES string of the molecule is CCn1c(-c2ccc(OC)cc2)nn(C[NH+]2CCc3sccc3[C@@H]2C)c1=S. The van der Waals surface area contributed by atoms with Gasteiger partial charge in [0.05, 0.1) is 13.7 Å². The van der Waals surface area contributed by atoms with Gasteiger partial charge in [-0.1, -0.05) is 0 Å². The van der Waals surface area contributed by atoms with Gasteiger partial charge in [-0.05, 0) is 61.8 Å². The van der Waals surface area contributed by atoms with Crippen LogP contribution in [0.1, 0.15) is 30.3 Å². The molecule has 3 aromatic rings. The van der Waals surface area contributed by atoms with E-state index in [0.717, 1.165) is 48.1 Å². The summed E-state index contributed by atoms with van der Waals surface area (Å²) in [4.78, 5) is 3.05. The highest BCUT2D eigenvalue weighted by Crippen LogP contribution is 2.25. The van der Waals surface area contributed by atoms with Gasteiger partial charge in [-0.25, -0.2) is 0 Å². The first-order valence-corrected chi connectivity index (χ1v) is 10.6. The van der Waals surface area contributed by atoms with Crippen molar-refractivity contribution < 1.29 is 9.64 Å². The molecule has 2 aromatic heterocycles. The molecule has 1 aliphatic heterocycles. The predicted molar refractivity (Wildman–Crippen MR) is 111 cm³/mol. The van der Waals surface area contributed by atoms with E-state index < -0.39 is 0 Å². The lowest BCUT2D eigenvalue weighted by Crippen LogP contribution is -3.12. The van der Waals surface area contributed by atoms with Crippen LogP contribution in [-0.4, -0.2) is 28.0 Å². The maximum Gasteiger partial charge on any atom is 0.203 e. The monoisotopic (exact) mass is 401 g/mol. The zero-order valence-electron chi connectivity index (χ0n) is 15.9. The van der Waals surface area contributed by atoms with Crippen molar-refractivity contribution in [2.75, 3.05) is 13.7 Å². The zero-order chi connectivity index (χ0) is 19.0. The predicted octanol–water partition coefficient (Wildman–Crippen LogP) is 3.33. The van der Waals surface area contributed by atoms with Crippen molar-refractivity contribution in [2.45, 2.75) is 39.5 Å². The Morgan fingerprint density at radius 1 is 1.30 bits per heavy atom. The number of hydrogen-bond acceptors (Lipinski definition) is 4. The van der Waals surface area contributed by atoms with E-state index in [1.54, 1.807) is 7.11 Å². The summed E-state index contributed by atoms with van der Waals surface area (Å²) in [6, 6.07) is 10.8. The van der Waals surface area contributed by atoms with E-state index in [9.17, 15) is 0 Å². The molecule has 1 aromatic carbocycles. The zero-order valence-corrected chi connectivity index (χ0v) is 17.6. The first-order chi connectivity index (χ1) is 13.1. The van der Waals surface area contributed by atoms with E-state index in [1.807, 2.05) is 40.3 Å². The molecule has 0 bridgehead atoms. The van der Waals surface area contributed by atoms with Gasteiger partial charge in [0.1, 0.15) is 11.8 Å². The largest absolute Gasteiger partial charge is 0.497 e. The van der Waals surface area contributed by atoms with Crippen molar-refractivity contribution in [1.29, 1.82) is 0 Å². The van der Waals surface area contributed by atoms with Crippen LogP contribution in [0.3, 0.4) is 0 Å². The molecule has 5 nitrogen and oxygen atoms in total. The van der Waals surface area contributed by atoms with Crippen LogP contribution in [0.15, 0.2) is 35.7 Å². The van der Waals surface area contributed by atoms with Crippen LogP contribution < -0.4 is 9.64 Å². The van der Waals surface area contributed by atoms with Gasteiger partial charge in [-0.15, -0.1) is 16.4 Å². The molecule has 0 aliphatic carbocycles. The number of fused-ring (bicyclic) bond motifs is 1. The lowest BCUT2D eigenvalue weighted by Gasteiger charge is -2.30. The second kappa shape index (κ2) is 7.58. The van der Waals surface area contributed by atoms with Crippen molar-refractivity contribution in [3.63, 3.8) is 0 Å². The molecule has 1 unspecified atom stereocenters. The Kier molecular flexibility index (Phi) is 5.16. The summed E-state index contributed by atoms with van der Waals surface area (Å²) >= 11 is 7.64. The highest BCUT2D eigenvalue weighted by atomic mass is 32.1. The van der Waals surface area contributed by atoms with Gasteiger partial charge in [0.2, 0.25) is 4.77 Å². The van der Waals surface area contributed by atoms with E-state index >= 15 is 0 Å². The van der Waals surface area contributed by atoms with E-state index in [0.29, 0.717) is 6.04 Å². The molecule has 2 atom stereocenters. The molecule has 3 heterocycles. The Morgan fingerprint density at radius 2 is 2.07 bits per heavy atom. The van der Waals surface area contributed by atoms with Gasteiger partial charge >= 0.3 is 0 Å². The Labute approximate surface area is 168 Å². The van der Waals surface area contributed by atoms with Crippen molar-refractivity contribution in [1.82, 2.24) is 14.3 Å². The van der Waals surface area contributed by atoms with Crippen LogP contribution >= 0.6 is 23.6 Å². The molecular formula is C20H25N4OS2+. The van der Waals surface area contributed by atoms with Crippen molar-refractivity contribution >= 4 is 23.6 Å². The smallest absolute Gasteiger partial charge is 0.203 e. The molecule has 1 aliphatic rings. The number of ether oxygens (including phenoxy) is 1. The van der Waals surface area contributed by atoms with E-state index in [1.165, 1.54) is 15.3 Å². The topological polar surface area (TPSA) is 36.4 Å². The van der Waals surface area contributed by atoms with Crippen LogP contribution in [0.4, 0.5) is 0 Å². The first-order valence-electron chi connectivity index (χ1n) is 9.35. The number of quaternary nitrogens is 1. The minimum absolute atomic E-state index is 0.470. The summed E-state index contributed by atoms with van der Waals surface area (Å²) in [6.45, 7) is 7.15. The highest BCUT2D eigenvalue weighted by molar-refractivity contribution is 7.71. The number of thiophene rings is 1. The number of aromatic nitrogens is 3. The Hall–Kier alpha value is -1.96. The lowest BCUT2D eigenvalue weighted by molar-refractivity contribution is -0.954. The number of hydrogen-bond donors (Lipinski definition) is 1. The summed E-state index contributed by atoms with van der Waals surface area (Å²) in [5.41, 5.74) is 2.54. The van der Waals surface area contributed by atoms with E-state index in [2.05, 4.69) is 29.9 Å². The molecule has 0 saturated carbocycles. The number of nitrogens with one attached hydrogen (secondary N) is 1. The fourth-order valence-electron chi connectivity index (χ4n) is 3.84. The second-order valence-electron chi connectivity index (χ2n) is 6.92. The maximum absolute atomic E-state index is 5.76. The third-order valence-corrected chi connectivity index (χ3v) is 6.90. The van der Waals surface area contributed by atoms with Crippen molar-refractivity contribution in [3.05, 3.63) is 50.9 Å². The number of rotatable bonds is 5. The minimum Gasteiger partial charge on any atom is -0.497 e. The summed E-state index contributed by atoms with van der Waals surface area (Å²) in [5.74, 6) is 1.77. The summed E-state index contributed by atoms with van der Waals surface area (Å²) in [6.07, 6.45) is 1.14. The standard InChI is InChI=1S/C20H24N4OS2/c1-4-23-19(15-5-7-16(25-3)8-6-15)21-24(20(23)26)13-22-11-9-18-17(14(22)2)10-12-27-18/h5-8,10,12,14H,4,9,11,13H2,1-3H3/p+1/t14-/m0/s1. The number of nitrogens with zero attached hydrogens (tertiary/aromatic N) is 3. The summed E-state index contributed by atoms with van der Waals surface area (Å²) < 4.78 is 10.2. The van der Waals surface area contributed by atoms with Crippen LogP contribution in [0.2, 0.25) is 0 Å². The molecule has 0 radical (unpaired) electrons. The Balaban J connectivity index is 1.64. The molecule has 0 amide bonds. The van der Waals surface area contributed by atoms with E-state index in [4.69, 9.17) is 22.1 Å². The van der Waals surface area contributed by atoms with Crippen molar-refractivity contribution in [2.24, 2.45) is 0 Å². The lowest BCUT2D eigenvalue weighted by atomic mass is 10.0. The minimum atomic E-state index is 0.470. The number of methoxy groups -OCH3 is 1. The van der Waals surface area contributed by atoms with Gasteiger partial charge in [-0.2, -0.15) is 4.68 Å². The third kappa shape index (κ3) is 3.35. The average Bonchev–Trinajstić information content (AvgIpc) is 3.29. The normalized spacial score (nSPS) is 19.1. The fraction of sp³-hybridized carbons (Fsp3) is 0.400. The summed E-state index contributed by atoms with van der Waals surface area (Å²) in [5, 5.41) is 7.11. The first kappa shape index (κ1) is 18.4. The number of benzene rings is 1. The third-order valence-electron chi connectivity index (χ3n) is 5.47. The van der Waals surface area contributed by atoms with Gasteiger partial charge in [0.15, 0.2) is 12.5 Å². The van der Waals surface area contributed by atoms with Gasteiger partial charge < -0.3 is 14.2 Å². The van der Waals surface area contributed by atoms with Gasteiger partial charge in [0, 0.05) is 29.0 Å². The van der Waals surface area contributed by atoms with Crippen LogP contribution in [0, 0.1) is 4.77 Å². The maximum atomic E-state index is 5.76. The molecule has 4 rings (SSSR count).